The van der Waals surface area contributed by atoms with Crippen LogP contribution in [0.3, 0.4) is 0 Å². The van der Waals surface area contributed by atoms with Gasteiger partial charge in [-0.3, -0.25) is 5.32 Å². The van der Waals surface area contributed by atoms with Crippen molar-refractivity contribution >= 4 is 0 Å². The van der Waals surface area contributed by atoms with E-state index in [1.807, 2.05) is 6.08 Å². The summed E-state index contributed by atoms with van der Waals surface area (Å²) in [5, 5.41) is 12.6. The average Bonchev–Trinajstić information content (AvgIpc) is 2.29. The molecular formula is C13H22N2. The van der Waals surface area contributed by atoms with E-state index in [0.29, 0.717) is 0 Å². The van der Waals surface area contributed by atoms with Crippen LogP contribution in [0.15, 0.2) is 12.7 Å². The molecule has 1 aliphatic rings. The van der Waals surface area contributed by atoms with Crippen molar-refractivity contribution in [2.75, 3.05) is 6.54 Å². The topological polar surface area (TPSA) is 35.8 Å². The number of nitriles is 1. The van der Waals surface area contributed by atoms with Gasteiger partial charge in [0.2, 0.25) is 0 Å². The minimum absolute atomic E-state index is 0.265. The van der Waals surface area contributed by atoms with Crippen molar-refractivity contribution in [2.24, 2.45) is 5.92 Å². The lowest BCUT2D eigenvalue weighted by atomic mass is 9.76. The second kappa shape index (κ2) is 5.92. The smallest absolute Gasteiger partial charge is 0.107 e. The quantitative estimate of drug-likeness (QED) is 0.702. The highest BCUT2D eigenvalue weighted by molar-refractivity contribution is 5.09. The molecule has 1 rings (SSSR count). The molecule has 0 amide bonds. The van der Waals surface area contributed by atoms with Crippen LogP contribution in [0.1, 0.15) is 45.4 Å². The Kier molecular flexibility index (Phi) is 4.84. The molecular weight excluding hydrogens is 184 g/mol. The fraction of sp³-hybridized carbons (Fsp3) is 0.769. The zero-order valence-electron chi connectivity index (χ0n) is 9.76. The van der Waals surface area contributed by atoms with Gasteiger partial charge in [-0.25, -0.2) is 0 Å². The van der Waals surface area contributed by atoms with Gasteiger partial charge in [0, 0.05) is 6.54 Å². The summed E-state index contributed by atoms with van der Waals surface area (Å²) in [5.41, 5.74) is -0.265. The van der Waals surface area contributed by atoms with E-state index in [-0.39, 0.29) is 5.54 Å². The molecule has 1 N–H and O–H groups in total. The summed E-state index contributed by atoms with van der Waals surface area (Å²) >= 11 is 0. The number of nitrogens with zero attached hydrogens (tertiary/aromatic N) is 1. The Bertz CT molecular complexity index is 231. The predicted octanol–water partition coefficient (Wildman–Crippen LogP) is 3.01. The van der Waals surface area contributed by atoms with Gasteiger partial charge in [-0.2, -0.15) is 5.26 Å². The average molecular weight is 206 g/mol. The molecule has 2 nitrogen and oxygen atoms in total. The molecule has 0 radical (unpaired) electrons. The first-order valence-electron chi connectivity index (χ1n) is 6.03. The third-order valence-corrected chi connectivity index (χ3v) is 3.45. The van der Waals surface area contributed by atoms with Gasteiger partial charge in [-0.15, -0.1) is 6.58 Å². The zero-order chi connectivity index (χ0) is 11.1. The predicted molar refractivity (Wildman–Crippen MR) is 63.4 cm³/mol. The highest BCUT2D eigenvalue weighted by Crippen LogP contribution is 2.33. The molecule has 0 aromatic heterocycles. The number of nitrogens with one attached hydrogen (secondary N) is 1. The molecule has 1 saturated carbocycles. The first-order chi connectivity index (χ1) is 7.26. The normalized spacial score (nSPS) is 30.8. The molecule has 2 heteroatoms. The van der Waals surface area contributed by atoms with Gasteiger partial charge in [-0.1, -0.05) is 25.8 Å². The molecule has 1 aliphatic carbocycles. The highest BCUT2D eigenvalue weighted by Gasteiger charge is 2.34. The van der Waals surface area contributed by atoms with Crippen molar-refractivity contribution in [1.29, 1.82) is 5.26 Å². The van der Waals surface area contributed by atoms with E-state index in [1.165, 1.54) is 25.7 Å². The summed E-state index contributed by atoms with van der Waals surface area (Å²) in [6, 6.07) is 2.46. The largest absolute Gasteiger partial charge is 0.296 e. The first kappa shape index (κ1) is 12.3. The summed E-state index contributed by atoms with van der Waals surface area (Å²) in [6.45, 7) is 6.66. The molecule has 0 atom stereocenters. The molecule has 0 saturated heterocycles. The van der Waals surface area contributed by atoms with Gasteiger partial charge in [0.05, 0.1) is 6.07 Å². The van der Waals surface area contributed by atoms with E-state index >= 15 is 0 Å². The highest BCUT2D eigenvalue weighted by atomic mass is 15.0. The van der Waals surface area contributed by atoms with Crippen molar-refractivity contribution in [3.63, 3.8) is 0 Å². The van der Waals surface area contributed by atoms with Crippen LogP contribution in [0.4, 0.5) is 0 Å². The van der Waals surface area contributed by atoms with Crippen LogP contribution in [0.2, 0.25) is 0 Å². The van der Waals surface area contributed by atoms with Gasteiger partial charge in [0.1, 0.15) is 5.54 Å². The van der Waals surface area contributed by atoms with Crippen LogP contribution in [-0.4, -0.2) is 12.1 Å². The van der Waals surface area contributed by atoms with Crippen molar-refractivity contribution in [3.8, 4) is 6.07 Å². The SMILES string of the molecule is C=CCNC1(C#N)CCC(CCC)CC1. The Morgan fingerprint density at radius 2 is 2.20 bits per heavy atom. The van der Waals surface area contributed by atoms with Gasteiger partial charge in [-0.05, 0) is 31.6 Å². The molecule has 0 heterocycles. The Balaban J connectivity index is 2.44. The third kappa shape index (κ3) is 3.35. The molecule has 0 aromatic rings. The number of hydrogen-bond donors (Lipinski definition) is 1. The van der Waals surface area contributed by atoms with E-state index in [2.05, 4.69) is 24.9 Å². The van der Waals surface area contributed by atoms with E-state index < -0.39 is 0 Å². The molecule has 15 heavy (non-hydrogen) atoms. The Hall–Kier alpha value is -0.810. The monoisotopic (exact) mass is 206 g/mol. The van der Waals surface area contributed by atoms with Crippen LogP contribution in [-0.2, 0) is 0 Å². The van der Waals surface area contributed by atoms with Crippen molar-refractivity contribution in [3.05, 3.63) is 12.7 Å². The van der Waals surface area contributed by atoms with E-state index in [4.69, 9.17) is 0 Å². The zero-order valence-corrected chi connectivity index (χ0v) is 9.76. The fourth-order valence-electron chi connectivity index (χ4n) is 2.46. The number of hydrogen-bond acceptors (Lipinski definition) is 2. The van der Waals surface area contributed by atoms with Crippen LogP contribution in [0.25, 0.3) is 0 Å². The van der Waals surface area contributed by atoms with Crippen LogP contribution >= 0.6 is 0 Å². The summed E-state index contributed by atoms with van der Waals surface area (Å²) < 4.78 is 0. The maximum absolute atomic E-state index is 9.24. The van der Waals surface area contributed by atoms with Crippen LogP contribution in [0, 0.1) is 17.2 Å². The molecule has 1 fully saturated rings. The maximum Gasteiger partial charge on any atom is 0.107 e. The van der Waals surface area contributed by atoms with E-state index in [1.54, 1.807) is 0 Å². The maximum atomic E-state index is 9.24. The minimum atomic E-state index is -0.265. The Labute approximate surface area is 93.4 Å². The van der Waals surface area contributed by atoms with Gasteiger partial charge < -0.3 is 0 Å². The first-order valence-corrected chi connectivity index (χ1v) is 6.03. The molecule has 0 aromatic carbocycles. The molecule has 0 spiro atoms. The lowest BCUT2D eigenvalue weighted by Crippen LogP contribution is -2.46. The molecule has 84 valence electrons. The van der Waals surface area contributed by atoms with Gasteiger partial charge in [0.25, 0.3) is 0 Å². The summed E-state index contributed by atoms with van der Waals surface area (Å²) in [4.78, 5) is 0. The Morgan fingerprint density at radius 1 is 1.53 bits per heavy atom. The van der Waals surface area contributed by atoms with Crippen molar-refractivity contribution in [2.45, 2.75) is 51.0 Å². The second-order valence-electron chi connectivity index (χ2n) is 4.60. The Morgan fingerprint density at radius 3 is 2.67 bits per heavy atom. The van der Waals surface area contributed by atoms with Crippen molar-refractivity contribution in [1.82, 2.24) is 5.32 Å². The second-order valence-corrected chi connectivity index (χ2v) is 4.60. The molecule has 0 unspecified atom stereocenters. The van der Waals surface area contributed by atoms with Gasteiger partial charge in [0.15, 0.2) is 0 Å². The standard InChI is InChI=1S/C13H22N2/c1-3-5-12-6-8-13(11-14,9-7-12)15-10-4-2/h4,12,15H,2-3,5-10H2,1H3. The third-order valence-electron chi connectivity index (χ3n) is 3.45. The molecule has 0 aliphatic heterocycles. The summed E-state index contributed by atoms with van der Waals surface area (Å²) in [5.74, 6) is 0.849. The molecule has 0 bridgehead atoms. The summed E-state index contributed by atoms with van der Waals surface area (Å²) in [7, 11) is 0. The minimum Gasteiger partial charge on any atom is -0.296 e. The summed E-state index contributed by atoms with van der Waals surface area (Å²) in [6.07, 6.45) is 8.82. The van der Waals surface area contributed by atoms with E-state index in [9.17, 15) is 5.26 Å². The van der Waals surface area contributed by atoms with Gasteiger partial charge >= 0.3 is 0 Å². The lowest BCUT2D eigenvalue weighted by Gasteiger charge is -2.35. The number of rotatable bonds is 5. The van der Waals surface area contributed by atoms with Crippen LogP contribution in [0.5, 0.6) is 0 Å². The van der Waals surface area contributed by atoms with Crippen molar-refractivity contribution < 1.29 is 0 Å². The van der Waals surface area contributed by atoms with Crippen LogP contribution < -0.4 is 5.32 Å². The van der Waals surface area contributed by atoms with E-state index in [0.717, 1.165) is 25.3 Å². The lowest BCUT2D eigenvalue weighted by molar-refractivity contribution is 0.234. The fourth-order valence-corrected chi connectivity index (χ4v) is 2.46.